The van der Waals surface area contributed by atoms with Gasteiger partial charge in [-0.2, -0.15) is 0 Å². The molecule has 69 valence electrons. The van der Waals surface area contributed by atoms with Gasteiger partial charge in [-0.15, -0.1) is 0 Å². The van der Waals surface area contributed by atoms with Crippen molar-refractivity contribution in [2.24, 2.45) is 0 Å². The molecule has 0 N–H and O–H groups in total. The number of hydrogen-bond donors (Lipinski definition) is 0. The van der Waals surface area contributed by atoms with Crippen LogP contribution in [0.25, 0.3) is 0 Å². The van der Waals surface area contributed by atoms with E-state index in [1.54, 1.807) is 17.0 Å². The van der Waals surface area contributed by atoms with Crippen LogP contribution >= 0.6 is 0 Å². The summed E-state index contributed by atoms with van der Waals surface area (Å²) in [5.41, 5.74) is 1.07. The molecule has 0 atom stereocenters. The summed E-state index contributed by atoms with van der Waals surface area (Å²) in [5, 5.41) is 0. The fourth-order valence-electron chi connectivity index (χ4n) is 1.19. The Hall–Kier alpha value is -1.97. The lowest BCUT2D eigenvalue weighted by Gasteiger charge is -2.02. The van der Waals surface area contributed by atoms with Crippen LogP contribution < -0.4 is 0 Å². The maximum atomic E-state index is 10.6. The van der Waals surface area contributed by atoms with Crippen molar-refractivity contribution in [1.29, 1.82) is 0 Å². The van der Waals surface area contributed by atoms with Crippen LogP contribution in [0, 0.1) is 6.20 Å². The van der Waals surface area contributed by atoms with Crippen molar-refractivity contribution in [3.63, 3.8) is 0 Å². The molecule has 2 aromatic rings. The number of carbonyl (C=O) groups is 1. The second kappa shape index (κ2) is 3.83. The van der Waals surface area contributed by atoms with E-state index in [1.807, 2.05) is 12.1 Å². The zero-order valence-corrected chi connectivity index (χ0v) is 7.42. The van der Waals surface area contributed by atoms with E-state index in [0.29, 0.717) is 12.4 Å². The topological polar surface area (TPSA) is 47.8 Å². The smallest absolute Gasteiger partial charge is 0.185 e. The van der Waals surface area contributed by atoms with Gasteiger partial charge >= 0.3 is 0 Å². The van der Waals surface area contributed by atoms with Crippen LogP contribution in [0.2, 0.25) is 0 Å². The Bertz CT molecular complexity index is 422. The van der Waals surface area contributed by atoms with E-state index >= 15 is 0 Å². The highest BCUT2D eigenvalue weighted by atomic mass is 16.1. The van der Waals surface area contributed by atoms with E-state index in [0.717, 1.165) is 11.8 Å². The average Bonchev–Trinajstić information content (AvgIpc) is 2.67. The molecule has 2 rings (SSSR count). The second-order valence-electron chi connectivity index (χ2n) is 2.80. The van der Waals surface area contributed by atoms with Gasteiger partial charge in [-0.1, -0.05) is 0 Å². The summed E-state index contributed by atoms with van der Waals surface area (Å²) in [7, 11) is 0. The van der Waals surface area contributed by atoms with E-state index in [9.17, 15) is 4.79 Å². The third kappa shape index (κ3) is 1.69. The fraction of sp³-hybridized carbons (Fsp3) is 0.100. The Morgan fingerprint density at radius 1 is 1.43 bits per heavy atom. The van der Waals surface area contributed by atoms with Gasteiger partial charge < -0.3 is 4.57 Å². The first-order chi connectivity index (χ1) is 6.90. The van der Waals surface area contributed by atoms with Gasteiger partial charge in [0.15, 0.2) is 12.1 Å². The molecule has 0 aliphatic carbocycles. The largest absolute Gasteiger partial charge is 0.316 e. The molecule has 2 aromatic heterocycles. The van der Waals surface area contributed by atoms with Gasteiger partial charge in [-0.05, 0) is 17.7 Å². The van der Waals surface area contributed by atoms with Gasteiger partial charge in [-0.25, -0.2) is 4.98 Å². The van der Waals surface area contributed by atoms with E-state index in [2.05, 4.69) is 16.2 Å². The fourth-order valence-corrected chi connectivity index (χ4v) is 1.19. The molecule has 0 unspecified atom stereocenters. The van der Waals surface area contributed by atoms with Crippen LogP contribution in [0.15, 0.2) is 30.7 Å². The van der Waals surface area contributed by atoms with E-state index in [1.165, 1.54) is 6.20 Å². The van der Waals surface area contributed by atoms with Gasteiger partial charge in [0.05, 0.1) is 12.4 Å². The van der Waals surface area contributed by atoms with Crippen molar-refractivity contribution in [3.05, 3.63) is 48.3 Å². The van der Waals surface area contributed by atoms with E-state index in [-0.39, 0.29) is 0 Å². The zero-order chi connectivity index (χ0) is 9.80. The molecule has 1 radical (unpaired) electrons. The van der Waals surface area contributed by atoms with Crippen LogP contribution in [0.3, 0.4) is 0 Å². The molecule has 2 heterocycles. The lowest BCUT2D eigenvalue weighted by Crippen LogP contribution is -2.03. The second-order valence-corrected chi connectivity index (χ2v) is 2.80. The first-order valence-electron chi connectivity index (χ1n) is 4.17. The molecule has 0 spiro atoms. The monoisotopic (exact) mass is 186 g/mol. The molecule has 0 saturated heterocycles. The highest BCUT2D eigenvalue weighted by molar-refractivity contribution is 5.69. The Balaban J connectivity index is 2.23. The quantitative estimate of drug-likeness (QED) is 0.670. The van der Waals surface area contributed by atoms with Gasteiger partial charge in [0, 0.05) is 18.9 Å². The first-order valence-corrected chi connectivity index (χ1v) is 4.17. The molecule has 4 heteroatoms. The molecule has 0 bridgehead atoms. The molecular formula is C10H8N3O. The van der Waals surface area contributed by atoms with Crippen LogP contribution in [0.4, 0.5) is 0 Å². The highest BCUT2D eigenvalue weighted by Gasteiger charge is 2.01. The maximum absolute atomic E-state index is 10.6. The van der Waals surface area contributed by atoms with Crippen molar-refractivity contribution in [3.8, 4) is 0 Å². The summed E-state index contributed by atoms with van der Waals surface area (Å²) in [6.45, 7) is 0.594. The summed E-state index contributed by atoms with van der Waals surface area (Å²) >= 11 is 0. The molecule has 14 heavy (non-hydrogen) atoms. The molecule has 0 fully saturated rings. The third-order valence-corrected chi connectivity index (χ3v) is 1.88. The third-order valence-electron chi connectivity index (χ3n) is 1.88. The Morgan fingerprint density at radius 3 is 2.93 bits per heavy atom. The van der Waals surface area contributed by atoms with Crippen LogP contribution in [0.1, 0.15) is 16.2 Å². The number of hydrogen-bond acceptors (Lipinski definition) is 3. The van der Waals surface area contributed by atoms with Gasteiger partial charge in [-0.3, -0.25) is 9.78 Å². The molecule has 0 saturated carbocycles. The van der Waals surface area contributed by atoms with Crippen molar-refractivity contribution in [2.45, 2.75) is 6.54 Å². The Kier molecular flexibility index (Phi) is 2.36. The number of aromatic nitrogens is 3. The number of pyridine rings is 1. The lowest BCUT2D eigenvalue weighted by atomic mass is 10.3. The number of rotatable bonds is 3. The lowest BCUT2D eigenvalue weighted by molar-refractivity contribution is 0.111. The molecule has 0 aromatic carbocycles. The van der Waals surface area contributed by atoms with Gasteiger partial charge in [0.2, 0.25) is 0 Å². The summed E-state index contributed by atoms with van der Waals surface area (Å²) in [6, 6.07) is 3.78. The Morgan fingerprint density at radius 2 is 2.21 bits per heavy atom. The predicted molar refractivity (Wildman–Crippen MR) is 49.8 cm³/mol. The zero-order valence-electron chi connectivity index (χ0n) is 7.42. The van der Waals surface area contributed by atoms with Crippen molar-refractivity contribution < 1.29 is 4.79 Å². The number of carbonyl (C=O) groups excluding carboxylic acids is 1. The van der Waals surface area contributed by atoms with Crippen LogP contribution in [-0.4, -0.2) is 20.8 Å². The average molecular weight is 186 g/mol. The molecule has 0 aliphatic heterocycles. The minimum atomic E-state index is 0.391. The van der Waals surface area contributed by atoms with Crippen molar-refractivity contribution >= 4 is 6.29 Å². The summed E-state index contributed by atoms with van der Waals surface area (Å²) in [6.07, 6.45) is 8.50. The molecule has 0 aliphatic rings. The normalized spacial score (nSPS) is 10.0. The van der Waals surface area contributed by atoms with E-state index < -0.39 is 0 Å². The SMILES string of the molecule is O=Cc1nc[c]n1Cc1ccncc1. The Labute approximate surface area is 81.2 Å². The standard InChI is InChI=1S/C10H8N3O/c14-8-10-12-5-6-13(10)7-9-1-3-11-4-2-9/h1-5,8H,7H2. The molecule has 0 amide bonds. The number of aldehydes is 1. The van der Waals surface area contributed by atoms with Crippen LogP contribution in [0.5, 0.6) is 0 Å². The summed E-state index contributed by atoms with van der Waals surface area (Å²) in [4.78, 5) is 18.3. The predicted octanol–water partition coefficient (Wildman–Crippen LogP) is 0.939. The first kappa shape index (κ1) is 8.62. The minimum Gasteiger partial charge on any atom is -0.316 e. The molecular weight excluding hydrogens is 178 g/mol. The van der Waals surface area contributed by atoms with Crippen molar-refractivity contribution in [1.82, 2.24) is 14.5 Å². The summed E-state index contributed by atoms with van der Waals surface area (Å²) < 4.78 is 1.67. The van der Waals surface area contributed by atoms with Crippen LogP contribution in [-0.2, 0) is 6.54 Å². The minimum absolute atomic E-state index is 0.391. The van der Waals surface area contributed by atoms with Gasteiger partial charge in [0.25, 0.3) is 0 Å². The highest BCUT2D eigenvalue weighted by Crippen LogP contribution is 2.02. The molecule has 4 nitrogen and oxygen atoms in total. The number of nitrogens with zero attached hydrogens (tertiary/aromatic N) is 3. The van der Waals surface area contributed by atoms with Crippen molar-refractivity contribution in [2.75, 3.05) is 0 Å². The van der Waals surface area contributed by atoms with Gasteiger partial charge in [0.1, 0.15) is 0 Å². The maximum Gasteiger partial charge on any atom is 0.185 e. The number of imidazole rings is 1. The summed E-state index contributed by atoms with van der Waals surface area (Å²) in [5.74, 6) is 0.391. The van der Waals surface area contributed by atoms with E-state index in [4.69, 9.17) is 0 Å².